The average Bonchev–Trinajstić information content (AvgIpc) is 3.09. The number of ether oxygens (including phenoxy) is 2. The van der Waals surface area contributed by atoms with E-state index in [0.29, 0.717) is 5.52 Å². The zero-order valence-corrected chi connectivity index (χ0v) is 13.8. The lowest BCUT2D eigenvalue weighted by Crippen LogP contribution is -2.42. The summed E-state index contributed by atoms with van der Waals surface area (Å²) in [5.74, 6) is -3.09. The van der Waals surface area contributed by atoms with Gasteiger partial charge in [0.05, 0.1) is 30.1 Å². The molecule has 0 fully saturated rings. The highest BCUT2D eigenvalue weighted by Gasteiger charge is 2.29. The number of methoxy groups -OCH3 is 2. The molecule has 7 heteroatoms. The number of carbonyl (C=O) groups is 2. The van der Waals surface area contributed by atoms with Gasteiger partial charge in [-0.1, -0.05) is 12.1 Å². The number of benzene rings is 1. The van der Waals surface area contributed by atoms with Crippen molar-refractivity contribution in [3.8, 4) is 0 Å². The molecule has 0 saturated carbocycles. The van der Waals surface area contributed by atoms with E-state index in [9.17, 15) is 14.7 Å². The quantitative estimate of drug-likeness (QED) is 0.309. The molecule has 2 heterocycles. The van der Waals surface area contributed by atoms with Gasteiger partial charge in [0.2, 0.25) is 5.52 Å². The van der Waals surface area contributed by atoms with Crippen LogP contribution in [0.4, 0.5) is 0 Å². The van der Waals surface area contributed by atoms with Gasteiger partial charge in [-0.05, 0) is 17.5 Å². The number of esters is 2. The maximum Gasteiger partial charge on any atom is 0.403 e. The van der Waals surface area contributed by atoms with Crippen molar-refractivity contribution < 1.29 is 28.7 Å². The number of aromatic nitrogens is 1. The summed E-state index contributed by atoms with van der Waals surface area (Å²) in [6.07, 6.45) is 1.65. The average molecular weight is 343 g/mol. The predicted molar refractivity (Wildman–Crippen MR) is 86.8 cm³/mol. The van der Waals surface area contributed by atoms with E-state index in [1.807, 2.05) is 23.6 Å². The van der Waals surface area contributed by atoms with Gasteiger partial charge in [0.15, 0.2) is 6.20 Å². The Morgan fingerprint density at radius 1 is 1.04 bits per heavy atom. The molecule has 0 aliphatic rings. The standard InChI is InChI=1S/C17H13NO5S/c1-22-16(20)14(15(19)17(21)23-2)18-9-13-11(7-8-24-13)10-5-3-4-6-12(10)18/h3-9H,1-2H3. The molecular formula is C17H13NO5S. The fourth-order valence-electron chi connectivity index (χ4n) is 2.51. The van der Waals surface area contributed by atoms with Gasteiger partial charge in [0.25, 0.3) is 5.70 Å². The molecular weight excluding hydrogens is 330 g/mol. The first kappa shape index (κ1) is 15.9. The van der Waals surface area contributed by atoms with Crippen molar-refractivity contribution in [3.63, 3.8) is 0 Å². The smallest absolute Gasteiger partial charge is 0.403 e. The van der Waals surface area contributed by atoms with Crippen molar-refractivity contribution in [2.45, 2.75) is 0 Å². The Morgan fingerprint density at radius 2 is 1.75 bits per heavy atom. The van der Waals surface area contributed by atoms with Crippen LogP contribution in [0.2, 0.25) is 0 Å². The highest BCUT2D eigenvalue weighted by atomic mass is 32.1. The topological polar surface area (TPSA) is 79.5 Å². The monoisotopic (exact) mass is 343 g/mol. The van der Waals surface area contributed by atoms with Crippen LogP contribution in [0, 0.1) is 0 Å². The van der Waals surface area contributed by atoms with Crippen LogP contribution < -0.4 is 9.67 Å². The lowest BCUT2D eigenvalue weighted by molar-refractivity contribution is -0.553. The molecule has 3 aromatic rings. The van der Waals surface area contributed by atoms with E-state index in [2.05, 4.69) is 4.74 Å². The van der Waals surface area contributed by atoms with Gasteiger partial charge in [-0.3, -0.25) is 0 Å². The molecule has 122 valence electrons. The van der Waals surface area contributed by atoms with Crippen molar-refractivity contribution in [2.24, 2.45) is 0 Å². The summed E-state index contributed by atoms with van der Waals surface area (Å²) >= 11 is 1.47. The van der Waals surface area contributed by atoms with E-state index in [-0.39, 0.29) is 0 Å². The normalized spacial score (nSPS) is 12.1. The Balaban J connectivity index is 2.43. The molecule has 0 N–H and O–H groups in total. The predicted octanol–water partition coefficient (Wildman–Crippen LogP) is 1.22. The maximum absolute atomic E-state index is 12.4. The number of para-hydroxylation sites is 1. The van der Waals surface area contributed by atoms with Gasteiger partial charge in [0.1, 0.15) is 0 Å². The van der Waals surface area contributed by atoms with Gasteiger partial charge in [-0.25, -0.2) is 9.59 Å². The minimum absolute atomic E-state index is 0.407. The number of fused-ring (bicyclic) bond motifs is 3. The van der Waals surface area contributed by atoms with Crippen molar-refractivity contribution in [3.05, 3.63) is 47.7 Å². The summed E-state index contributed by atoms with van der Waals surface area (Å²) in [5.41, 5.74) is 0.205. The molecule has 0 spiro atoms. The molecule has 0 unspecified atom stereocenters. The second-order valence-electron chi connectivity index (χ2n) is 4.88. The highest BCUT2D eigenvalue weighted by Crippen LogP contribution is 2.27. The van der Waals surface area contributed by atoms with E-state index in [1.54, 1.807) is 18.3 Å². The maximum atomic E-state index is 12.4. The van der Waals surface area contributed by atoms with Gasteiger partial charge < -0.3 is 14.6 Å². The lowest BCUT2D eigenvalue weighted by atomic mass is 10.1. The Kier molecular flexibility index (Phi) is 4.18. The van der Waals surface area contributed by atoms with E-state index in [4.69, 9.17) is 4.74 Å². The van der Waals surface area contributed by atoms with Crippen molar-refractivity contribution in [1.29, 1.82) is 0 Å². The fraction of sp³-hybridized carbons (Fsp3) is 0.118. The van der Waals surface area contributed by atoms with Crippen molar-refractivity contribution >= 4 is 50.0 Å². The van der Waals surface area contributed by atoms with Crippen LogP contribution in [-0.2, 0) is 19.1 Å². The summed E-state index contributed by atoms with van der Waals surface area (Å²) in [5, 5.41) is 16.1. The molecule has 0 atom stereocenters. The molecule has 1 aromatic carbocycles. The van der Waals surface area contributed by atoms with Crippen LogP contribution in [0.15, 0.2) is 47.7 Å². The van der Waals surface area contributed by atoms with Crippen LogP contribution in [0.25, 0.3) is 26.7 Å². The number of thiophene rings is 1. The molecule has 2 aromatic heterocycles. The number of pyridine rings is 1. The zero-order valence-electron chi connectivity index (χ0n) is 12.9. The molecule has 0 aliphatic carbocycles. The lowest BCUT2D eigenvalue weighted by Gasteiger charge is -2.12. The first-order valence-corrected chi connectivity index (χ1v) is 7.85. The first-order chi connectivity index (χ1) is 11.6. The summed E-state index contributed by atoms with van der Waals surface area (Å²) in [6, 6.07) is 9.27. The fourth-order valence-corrected chi connectivity index (χ4v) is 3.34. The third-order valence-corrected chi connectivity index (χ3v) is 4.45. The third kappa shape index (κ3) is 2.48. The minimum Gasteiger partial charge on any atom is -0.863 e. The molecule has 6 nitrogen and oxygen atoms in total. The van der Waals surface area contributed by atoms with E-state index in [1.165, 1.54) is 15.9 Å². The molecule has 0 radical (unpaired) electrons. The third-order valence-electron chi connectivity index (χ3n) is 3.60. The first-order valence-electron chi connectivity index (χ1n) is 6.97. The Morgan fingerprint density at radius 3 is 2.46 bits per heavy atom. The minimum atomic E-state index is -1.13. The Labute approximate surface area is 141 Å². The molecule has 0 aliphatic heterocycles. The number of rotatable bonds is 3. The van der Waals surface area contributed by atoms with E-state index in [0.717, 1.165) is 29.7 Å². The van der Waals surface area contributed by atoms with Gasteiger partial charge in [-0.2, -0.15) is 4.57 Å². The second-order valence-corrected chi connectivity index (χ2v) is 5.82. The Bertz CT molecular complexity index is 989. The zero-order chi connectivity index (χ0) is 17.3. The Hall–Kier alpha value is -2.93. The van der Waals surface area contributed by atoms with E-state index < -0.39 is 23.4 Å². The summed E-state index contributed by atoms with van der Waals surface area (Å²) in [7, 11) is 2.24. The number of nitrogens with zero attached hydrogens (tertiary/aromatic N) is 1. The van der Waals surface area contributed by atoms with Crippen molar-refractivity contribution in [1.82, 2.24) is 0 Å². The van der Waals surface area contributed by atoms with Crippen LogP contribution in [0.1, 0.15) is 0 Å². The largest absolute Gasteiger partial charge is 0.863 e. The molecule has 0 saturated heterocycles. The molecule has 0 bridgehead atoms. The number of hydrogen-bond acceptors (Lipinski definition) is 6. The highest BCUT2D eigenvalue weighted by molar-refractivity contribution is 7.17. The van der Waals surface area contributed by atoms with E-state index >= 15 is 0 Å². The van der Waals surface area contributed by atoms with Gasteiger partial charge >= 0.3 is 11.9 Å². The summed E-state index contributed by atoms with van der Waals surface area (Å²) in [6.45, 7) is 0. The van der Waals surface area contributed by atoms with Gasteiger partial charge in [-0.15, -0.1) is 11.3 Å². The molecule has 0 amide bonds. The van der Waals surface area contributed by atoms with Crippen LogP contribution >= 0.6 is 11.3 Å². The number of hydrogen-bond donors (Lipinski definition) is 0. The number of carbonyl (C=O) groups excluding carboxylic acids is 2. The van der Waals surface area contributed by atoms with Crippen LogP contribution in [0.5, 0.6) is 0 Å². The second kappa shape index (κ2) is 6.29. The van der Waals surface area contributed by atoms with Crippen molar-refractivity contribution in [2.75, 3.05) is 14.2 Å². The summed E-state index contributed by atoms with van der Waals surface area (Å²) in [4.78, 5) is 23.9. The van der Waals surface area contributed by atoms with Gasteiger partial charge in [0, 0.05) is 11.5 Å². The molecule has 3 rings (SSSR count). The van der Waals surface area contributed by atoms with Crippen LogP contribution in [-0.4, -0.2) is 26.2 Å². The van der Waals surface area contributed by atoms with Crippen LogP contribution in [0.3, 0.4) is 0 Å². The SMILES string of the molecule is COC(=O)/C([O-])=C(/C(=O)OC)[n+]1cc2sccc2c2ccccc21. The molecule has 24 heavy (non-hydrogen) atoms. The summed E-state index contributed by atoms with van der Waals surface area (Å²) < 4.78 is 11.4.